The highest BCUT2D eigenvalue weighted by molar-refractivity contribution is 6.03. The number of rotatable bonds is 5. The molecule has 0 spiro atoms. The number of hydrogen-bond acceptors (Lipinski definition) is 4. The number of carbonyl (C=O) groups is 1. The summed E-state index contributed by atoms with van der Waals surface area (Å²) in [5.74, 6) is 0.168. The summed E-state index contributed by atoms with van der Waals surface area (Å²) < 4.78 is 0. The first-order chi connectivity index (χ1) is 10.1. The van der Waals surface area contributed by atoms with Crippen LogP contribution in [0.3, 0.4) is 0 Å². The van der Waals surface area contributed by atoms with Crippen LogP contribution in [0.4, 0.5) is 11.6 Å². The van der Waals surface area contributed by atoms with Gasteiger partial charge >= 0.3 is 0 Å². The monoisotopic (exact) mass is 282 g/mol. The highest BCUT2D eigenvalue weighted by atomic mass is 16.1. The number of carbonyl (C=O) groups excluding carboxylic acids is 1. The Morgan fingerprint density at radius 1 is 1.29 bits per heavy atom. The van der Waals surface area contributed by atoms with Gasteiger partial charge in [0.25, 0.3) is 5.91 Å². The van der Waals surface area contributed by atoms with Gasteiger partial charge in [0.2, 0.25) is 5.95 Å². The van der Waals surface area contributed by atoms with E-state index in [-0.39, 0.29) is 5.91 Å². The van der Waals surface area contributed by atoms with E-state index in [1.54, 1.807) is 12.1 Å². The second-order valence-corrected chi connectivity index (χ2v) is 4.66. The summed E-state index contributed by atoms with van der Waals surface area (Å²) in [4.78, 5) is 20.7. The fraction of sp³-hybridized carbons (Fsp3) is 0.188. The van der Waals surface area contributed by atoms with Crippen LogP contribution in [0.25, 0.3) is 0 Å². The van der Waals surface area contributed by atoms with Crippen LogP contribution < -0.4 is 10.6 Å². The zero-order valence-corrected chi connectivity index (χ0v) is 12.2. The first-order valence-electron chi connectivity index (χ1n) is 6.67. The third-order valence-electron chi connectivity index (χ3n) is 2.88. The lowest BCUT2D eigenvalue weighted by atomic mass is 10.2. The van der Waals surface area contributed by atoms with E-state index >= 15 is 0 Å². The van der Waals surface area contributed by atoms with Crippen LogP contribution in [0, 0.1) is 13.8 Å². The first-order valence-corrected chi connectivity index (χ1v) is 6.67. The molecule has 5 nitrogen and oxygen atoms in total. The summed E-state index contributed by atoms with van der Waals surface area (Å²) in [5, 5.41) is 5.85. The smallest absolute Gasteiger partial charge is 0.274 e. The summed E-state index contributed by atoms with van der Waals surface area (Å²) in [6.45, 7) is 7.93. The fourth-order valence-electron chi connectivity index (χ4n) is 1.83. The van der Waals surface area contributed by atoms with Crippen molar-refractivity contribution in [3.8, 4) is 0 Å². The minimum Gasteiger partial charge on any atom is -0.351 e. The van der Waals surface area contributed by atoms with E-state index in [1.807, 2.05) is 38.1 Å². The molecule has 1 amide bonds. The molecule has 2 N–H and O–H groups in total. The molecule has 108 valence electrons. The van der Waals surface area contributed by atoms with Crippen LogP contribution in [0.5, 0.6) is 0 Å². The SMILES string of the molecule is C=CCNc1nc(C)cc(C(=O)Nc2ccccc2C)n1. The van der Waals surface area contributed by atoms with Crippen molar-refractivity contribution in [3.05, 3.63) is 59.9 Å². The van der Waals surface area contributed by atoms with Crippen LogP contribution in [-0.2, 0) is 0 Å². The maximum absolute atomic E-state index is 12.3. The predicted molar refractivity (Wildman–Crippen MR) is 84.6 cm³/mol. The minimum absolute atomic E-state index is 0.253. The van der Waals surface area contributed by atoms with Crippen LogP contribution >= 0.6 is 0 Å². The lowest BCUT2D eigenvalue weighted by molar-refractivity contribution is 0.102. The van der Waals surface area contributed by atoms with E-state index in [4.69, 9.17) is 0 Å². The molecule has 0 aliphatic heterocycles. The van der Waals surface area contributed by atoms with Gasteiger partial charge in [0.1, 0.15) is 5.69 Å². The highest BCUT2D eigenvalue weighted by Gasteiger charge is 2.11. The molecule has 2 rings (SSSR count). The Morgan fingerprint density at radius 3 is 2.76 bits per heavy atom. The third kappa shape index (κ3) is 3.89. The average Bonchev–Trinajstić information content (AvgIpc) is 2.47. The Kier molecular flexibility index (Phi) is 4.66. The molecule has 2 aromatic rings. The topological polar surface area (TPSA) is 66.9 Å². The summed E-state index contributed by atoms with van der Waals surface area (Å²) in [5.41, 5.74) is 2.84. The number of aromatic nitrogens is 2. The largest absolute Gasteiger partial charge is 0.351 e. The number of amides is 1. The lowest BCUT2D eigenvalue weighted by Crippen LogP contribution is -2.16. The van der Waals surface area contributed by atoms with Crippen LogP contribution in [0.2, 0.25) is 0 Å². The van der Waals surface area contributed by atoms with Crippen molar-refractivity contribution < 1.29 is 4.79 Å². The Morgan fingerprint density at radius 2 is 2.05 bits per heavy atom. The van der Waals surface area contributed by atoms with Crippen LogP contribution in [-0.4, -0.2) is 22.4 Å². The zero-order valence-electron chi connectivity index (χ0n) is 12.2. The fourth-order valence-corrected chi connectivity index (χ4v) is 1.83. The number of hydrogen-bond donors (Lipinski definition) is 2. The molecule has 1 heterocycles. The van der Waals surface area contributed by atoms with Crippen LogP contribution in [0.1, 0.15) is 21.7 Å². The van der Waals surface area contributed by atoms with E-state index in [1.165, 1.54) is 0 Å². The molecule has 0 aliphatic rings. The molecule has 0 bridgehead atoms. The Hall–Kier alpha value is -2.69. The van der Waals surface area contributed by atoms with Crippen molar-refractivity contribution in [3.63, 3.8) is 0 Å². The van der Waals surface area contributed by atoms with Gasteiger partial charge in [-0.2, -0.15) is 0 Å². The summed E-state index contributed by atoms with van der Waals surface area (Å²) >= 11 is 0. The second-order valence-electron chi connectivity index (χ2n) is 4.66. The quantitative estimate of drug-likeness (QED) is 0.827. The van der Waals surface area contributed by atoms with Gasteiger partial charge in [-0.3, -0.25) is 4.79 Å². The molecule has 0 radical (unpaired) electrons. The normalized spacial score (nSPS) is 10.0. The van der Waals surface area contributed by atoms with E-state index < -0.39 is 0 Å². The van der Waals surface area contributed by atoms with E-state index in [9.17, 15) is 4.79 Å². The Labute approximate surface area is 124 Å². The van der Waals surface area contributed by atoms with Crippen LogP contribution in [0.15, 0.2) is 43.0 Å². The molecule has 21 heavy (non-hydrogen) atoms. The van der Waals surface area contributed by atoms with Gasteiger partial charge in [-0.1, -0.05) is 24.3 Å². The van der Waals surface area contributed by atoms with Gasteiger partial charge in [0.15, 0.2) is 0 Å². The summed E-state index contributed by atoms with van der Waals surface area (Å²) in [6.07, 6.45) is 1.71. The molecule has 1 aromatic carbocycles. The van der Waals surface area contributed by atoms with E-state index in [0.717, 1.165) is 16.9 Å². The molecule has 0 unspecified atom stereocenters. The Bertz CT molecular complexity index is 667. The number of para-hydroxylation sites is 1. The molecular weight excluding hydrogens is 264 g/mol. The average molecular weight is 282 g/mol. The van der Waals surface area contributed by atoms with Crippen molar-refractivity contribution in [1.82, 2.24) is 9.97 Å². The third-order valence-corrected chi connectivity index (χ3v) is 2.88. The molecular formula is C16H18N4O. The van der Waals surface area contributed by atoms with Gasteiger partial charge in [-0.25, -0.2) is 9.97 Å². The minimum atomic E-state index is -0.253. The first kappa shape index (κ1) is 14.7. The summed E-state index contributed by atoms with van der Waals surface area (Å²) in [6, 6.07) is 9.27. The number of nitrogens with zero attached hydrogens (tertiary/aromatic N) is 2. The molecule has 0 saturated heterocycles. The summed E-state index contributed by atoms with van der Waals surface area (Å²) in [7, 11) is 0. The van der Waals surface area contributed by atoms with Crippen molar-refractivity contribution in [2.24, 2.45) is 0 Å². The number of aryl methyl sites for hydroxylation is 2. The highest BCUT2D eigenvalue weighted by Crippen LogP contribution is 2.15. The lowest BCUT2D eigenvalue weighted by Gasteiger charge is -2.09. The Balaban J connectivity index is 2.20. The maximum atomic E-state index is 12.3. The molecule has 0 saturated carbocycles. The van der Waals surface area contributed by atoms with Gasteiger partial charge in [-0.15, -0.1) is 6.58 Å². The maximum Gasteiger partial charge on any atom is 0.274 e. The van der Waals surface area contributed by atoms with E-state index in [0.29, 0.717) is 18.2 Å². The van der Waals surface area contributed by atoms with Crippen molar-refractivity contribution in [2.75, 3.05) is 17.2 Å². The molecule has 0 aliphatic carbocycles. The predicted octanol–water partition coefficient (Wildman–Crippen LogP) is 2.94. The van der Waals surface area contributed by atoms with Crippen molar-refractivity contribution in [1.29, 1.82) is 0 Å². The van der Waals surface area contributed by atoms with Gasteiger partial charge in [-0.05, 0) is 31.5 Å². The van der Waals surface area contributed by atoms with E-state index in [2.05, 4.69) is 27.2 Å². The van der Waals surface area contributed by atoms with Crippen molar-refractivity contribution >= 4 is 17.5 Å². The van der Waals surface area contributed by atoms with Crippen molar-refractivity contribution in [2.45, 2.75) is 13.8 Å². The molecule has 0 fully saturated rings. The van der Waals surface area contributed by atoms with Gasteiger partial charge in [0.05, 0.1) is 0 Å². The van der Waals surface area contributed by atoms with Gasteiger partial charge in [0, 0.05) is 17.9 Å². The number of benzene rings is 1. The molecule has 5 heteroatoms. The standard InChI is InChI=1S/C16H18N4O/c1-4-9-17-16-18-12(3)10-14(20-16)15(21)19-13-8-6-5-7-11(13)2/h4-8,10H,1,9H2,2-3H3,(H,19,21)(H,17,18,20). The van der Waals surface area contributed by atoms with Gasteiger partial charge < -0.3 is 10.6 Å². The second kappa shape index (κ2) is 6.65. The zero-order chi connectivity index (χ0) is 15.2. The molecule has 0 atom stereocenters. The number of nitrogens with one attached hydrogen (secondary N) is 2. The molecule has 1 aromatic heterocycles. The number of anilines is 2.